The molecule has 22 heavy (non-hydrogen) atoms. The summed E-state index contributed by atoms with van der Waals surface area (Å²) in [5, 5.41) is 7.32. The highest BCUT2D eigenvalue weighted by molar-refractivity contribution is 5.74. The van der Waals surface area contributed by atoms with Crippen molar-refractivity contribution in [2.75, 3.05) is 11.1 Å². The molecular weight excluding hydrogens is 276 g/mol. The molecule has 2 aromatic heterocycles. The van der Waals surface area contributed by atoms with Crippen LogP contribution in [-0.4, -0.2) is 10.1 Å². The standard InChI is InChI=1S/C17H18N4O/c1-11-16(12(2)22-21-11)14-8-15(17(18)20-10-14)19-9-13-6-4-3-5-7-13/h3-8,10,19H,9H2,1-2H3,(H2,18,20). The number of hydrogen-bond acceptors (Lipinski definition) is 5. The number of nitrogen functional groups attached to an aromatic ring is 1. The van der Waals surface area contributed by atoms with Crippen LogP contribution in [0.3, 0.4) is 0 Å². The number of anilines is 2. The first-order chi connectivity index (χ1) is 10.6. The quantitative estimate of drug-likeness (QED) is 0.769. The van der Waals surface area contributed by atoms with E-state index in [9.17, 15) is 0 Å². The molecular formula is C17H18N4O. The van der Waals surface area contributed by atoms with Gasteiger partial charge >= 0.3 is 0 Å². The maximum atomic E-state index is 5.97. The van der Waals surface area contributed by atoms with E-state index in [4.69, 9.17) is 10.3 Å². The normalized spacial score (nSPS) is 10.6. The van der Waals surface area contributed by atoms with Crippen LogP contribution >= 0.6 is 0 Å². The molecule has 3 N–H and O–H groups in total. The van der Waals surface area contributed by atoms with E-state index in [1.165, 1.54) is 5.56 Å². The van der Waals surface area contributed by atoms with Gasteiger partial charge in [0, 0.05) is 23.9 Å². The third-order valence-electron chi connectivity index (χ3n) is 3.57. The maximum Gasteiger partial charge on any atom is 0.146 e. The molecule has 2 heterocycles. The molecule has 0 fully saturated rings. The zero-order valence-corrected chi connectivity index (χ0v) is 12.6. The highest BCUT2D eigenvalue weighted by atomic mass is 16.5. The van der Waals surface area contributed by atoms with Crippen LogP contribution in [0.25, 0.3) is 11.1 Å². The summed E-state index contributed by atoms with van der Waals surface area (Å²) in [5.41, 5.74) is 10.7. The van der Waals surface area contributed by atoms with Crippen molar-refractivity contribution in [2.24, 2.45) is 0 Å². The molecule has 0 aliphatic carbocycles. The molecule has 0 spiro atoms. The van der Waals surface area contributed by atoms with Gasteiger partial charge in [0.2, 0.25) is 0 Å². The fraction of sp³-hybridized carbons (Fsp3) is 0.176. The van der Waals surface area contributed by atoms with E-state index < -0.39 is 0 Å². The Hall–Kier alpha value is -2.82. The second-order valence-electron chi connectivity index (χ2n) is 5.20. The Bertz CT molecular complexity index is 761. The van der Waals surface area contributed by atoms with Crippen molar-refractivity contribution in [2.45, 2.75) is 20.4 Å². The lowest BCUT2D eigenvalue weighted by molar-refractivity contribution is 0.393. The number of pyridine rings is 1. The fourth-order valence-corrected chi connectivity index (χ4v) is 2.44. The zero-order chi connectivity index (χ0) is 15.5. The highest BCUT2D eigenvalue weighted by Gasteiger charge is 2.13. The summed E-state index contributed by atoms with van der Waals surface area (Å²) in [5.74, 6) is 1.25. The van der Waals surface area contributed by atoms with Crippen molar-refractivity contribution < 1.29 is 4.52 Å². The Morgan fingerprint density at radius 3 is 2.64 bits per heavy atom. The van der Waals surface area contributed by atoms with E-state index in [1.54, 1.807) is 6.20 Å². The molecule has 112 valence electrons. The molecule has 0 aliphatic heterocycles. The van der Waals surface area contributed by atoms with Gasteiger partial charge in [-0.05, 0) is 25.5 Å². The average molecular weight is 294 g/mol. The second kappa shape index (κ2) is 5.89. The molecule has 0 unspecified atom stereocenters. The van der Waals surface area contributed by atoms with E-state index in [0.29, 0.717) is 12.4 Å². The molecule has 0 atom stereocenters. The molecule has 0 bridgehead atoms. The average Bonchev–Trinajstić information content (AvgIpc) is 2.87. The van der Waals surface area contributed by atoms with Crippen LogP contribution in [0.15, 0.2) is 47.1 Å². The summed E-state index contributed by atoms with van der Waals surface area (Å²) in [6, 6.07) is 12.1. The number of nitrogens with two attached hydrogens (primary N) is 1. The molecule has 0 radical (unpaired) electrons. The molecule has 5 nitrogen and oxygen atoms in total. The maximum absolute atomic E-state index is 5.97. The van der Waals surface area contributed by atoms with Gasteiger partial charge in [0.1, 0.15) is 11.6 Å². The van der Waals surface area contributed by atoms with Crippen LogP contribution in [-0.2, 0) is 6.54 Å². The van der Waals surface area contributed by atoms with Crippen LogP contribution in [0.2, 0.25) is 0 Å². The SMILES string of the molecule is Cc1noc(C)c1-c1cnc(N)c(NCc2ccccc2)c1. The minimum absolute atomic E-state index is 0.478. The molecule has 3 rings (SSSR count). The monoisotopic (exact) mass is 294 g/mol. The van der Waals surface area contributed by atoms with Crippen LogP contribution in [0.1, 0.15) is 17.0 Å². The lowest BCUT2D eigenvalue weighted by atomic mass is 10.1. The summed E-state index contributed by atoms with van der Waals surface area (Å²) in [6.45, 7) is 4.50. The first kappa shape index (κ1) is 14.1. The van der Waals surface area contributed by atoms with E-state index in [0.717, 1.165) is 28.3 Å². The number of nitrogens with zero attached hydrogens (tertiary/aromatic N) is 2. The van der Waals surface area contributed by atoms with Crippen LogP contribution in [0, 0.1) is 13.8 Å². The fourth-order valence-electron chi connectivity index (χ4n) is 2.44. The summed E-state index contributed by atoms with van der Waals surface area (Å²) in [6.07, 6.45) is 1.75. The summed E-state index contributed by atoms with van der Waals surface area (Å²) in [4.78, 5) is 4.28. The van der Waals surface area contributed by atoms with Gasteiger partial charge in [-0.1, -0.05) is 35.5 Å². The van der Waals surface area contributed by atoms with Crippen molar-refractivity contribution >= 4 is 11.5 Å². The summed E-state index contributed by atoms with van der Waals surface area (Å²) in [7, 11) is 0. The molecule has 1 aromatic carbocycles. The molecule has 0 amide bonds. The van der Waals surface area contributed by atoms with Gasteiger partial charge in [0.05, 0.1) is 11.4 Å². The van der Waals surface area contributed by atoms with Gasteiger partial charge in [-0.25, -0.2) is 4.98 Å². The zero-order valence-electron chi connectivity index (χ0n) is 12.6. The number of aryl methyl sites for hydroxylation is 2. The van der Waals surface area contributed by atoms with Crippen LogP contribution < -0.4 is 11.1 Å². The van der Waals surface area contributed by atoms with Crippen molar-refractivity contribution in [3.8, 4) is 11.1 Å². The number of hydrogen-bond donors (Lipinski definition) is 2. The van der Waals surface area contributed by atoms with E-state index in [2.05, 4.69) is 27.6 Å². The summed E-state index contributed by atoms with van der Waals surface area (Å²) < 4.78 is 5.22. The topological polar surface area (TPSA) is 77.0 Å². The molecule has 3 aromatic rings. The first-order valence-corrected chi connectivity index (χ1v) is 7.11. The lowest BCUT2D eigenvalue weighted by Gasteiger charge is -2.10. The largest absolute Gasteiger partial charge is 0.382 e. The van der Waals surface area contributed by atoms with Crippen LogP contribution in [0.5, 0.6) is 0 Å². The molecule has 0 saturated heterocycles. The minimum atomic E-state index is 0.478. The Labute approximate surface area is 129 Å². The predicted octanol–water partition coefficient (Wildman–Crippen LogP) is 3.55. The molecule has 0 saturated carbocycles. The van der Waals surface area contributed by atoms with E-state index >= 15 is 0 Å². The van der Waals surface area contributed by atoms with Crippen molar-refractivity contribution in [1.29, 1.82) is 0 Å². The van der Waals surface area contributed by atoms with Crippen molar-refractivity contribution in [1.82, 2.24) is 10.1 Å². The van der Waals surface area contributed by atoms with Crippen molar-refractivity contribution in [3.05, 3.63) is 59.6 Å². The molecule has 5 heteroatoms. The van der Waals surface area contributed by atoms with E-state index in [-0.39, 0.29) is 0 Å². The van der Waals surface area contributed by atoms with Crippen LogP contribution in [0.4, 0.5) is 11.5 Å². The van der Waals surface area contributed by atoms with Gasteiger partial charge in [-0.2, -0.15) is 0 Å². The summed E-state index contributed by atoms with van der Waals surface area (Å²) >= 11 is 0. The van der Waals surface area contributed by atoms with Gasteiger partial charge < -0.3 is 15.6 Å². The Balaban J connectivity index is 1.87. The van der Waals surface area contributed by atoms with Crippen molar-refractivity contribution in [3.63, 3.8) is 0 Å². The predicted molar refractivity (Wildman–Crippen MR) is 87.4 cm³/mol. The third kappa shape index (κ3) is 2.79. The lowest BCUT2D eigenvalue weighted by Crippen LogP contribution is -2.04. The third-order valence-corrected chi connectivity index (χ3v) is 3.57. The number of aromatic nitrogens is 2. The second-order valence-corrected chi connectivity index (χ2v) is 5.20. The Kier molecular flexibility index (Phi) is 3.78. The smallest absolute Gasteiger partial charge is 0.146 e. The number of rotatable bonds is 4. The van der Waals surface area contributed by atoms with E-state index in [1.807, 2.05) is 38.1 Å². The number of nitrogens with one attached hydrogen (secondary N) is 1. The first-order valence-electron chi connectivity index (χ1n) is 7.11. The Morgan fingerprint density at radius 1 is 1.18 bits per heavy atom. The minimum Gasteiger partial charge on any atom is -0.382 e. The van der Waals surface area contributed by atoms with Gasteiger partial charge in [-0.3, -0.25) is 0 Å². The van der Waals surface area contributed by atoms with Gasteiger partial charge in [0.25, 0.3) is 0 Å². The van der Waals surface area contributed by atoms with Gasteiger partial charge in [0.15, 0.2) is 0 Å². The highest BCUT2D eigenvalue weighted by Crippen LogP contribution is 2.30. The Morgan fingerprint density at radius 2 is 1.95 bits per heavy atom. The van der Waals surface area contributed by atoms with Gasteiger partial charge in [-0.15, -0.1) is 0 Å². The molecule has 0 aliphatic rings. The number of benzene rings is 1.